The van der Waals surface area contributed by atoms with Crippen LogP contribution < -0.4 is 9.47 Å². The first kappa shape index (κ1) is 12.6. The highest BCUT2D eigenvalue weighted by Crippen LogP contribution is 2.45. The van der Waals surface area contributed by atoms with E-state index in [1.54, 1.807) is 6.07 Å². The molecule has 2 aliphatic rings. The number of halogens is 3. The monoisotopic (exact) mass is 273 g/mol. The zero-order chi connectivity index (χ0) is 13.6. The molecule has 1 aromatic carbocycles. The highest BCUT2D eigenvalue weighted by molar-refractivity contribution is 5.46. The minimum Gasteiger partial charge on any atom is -0.488 e. The Balaban J connectivity index is 1.88. The first-order valence-corrected chi connectivity index (χ1v) is 6.20. The number of ether oxygens (including phenoxy) is 2. The molecule has 0 unspecified atom stereocenters. The fourth-order valence-electron chi connectivity index (χ4n) is 2.91. The van der Waals surface area contributed by atoms with Crippen LogP contribution in [-0.2, 0) is 0 Å². The second kappa shape index (κ2) is 4.30. The van der Waals surface area contributed by atoms with E-state index in [4.69, 9.17) is 4.74 Å². The second-order valence-electron chi connectivity index (χ2n) is 4.97. The molecule has 2 heterocycles. The third-order valence-corrected chi connectivity index (χ3v) is 3.64. The lowest BCUT2D eigenvalue weighted by molar-refractivity contribution is -0.274. The van der Waals surface area contributed by atoms with E-state index in [1.165, 1.54) is 12.1 Å². The van der Waals surface area contributed by atoms with Crippen LogP contribution in [0.15, 0.2) is 18.2 Å². The molecule has 0 spiro atoms. The summed E-state index contributed by atoms with van der Waals surface area (Å²) in [6.07, 6.45) is -2.66. The van der Waals surface area contributed by atoms with Crippen molar-refractivity contribution in [1.82, 2.24) is 4.90 Å². The van der Waals surface area contributed by atoms with E-state index in [9.17, 15) is 13.2 Å². The lowest BCUT2D eigenvalue weighted by Crippen LogP contribution is -2.38. The van der Waals surface area contributed by atoms with Gasteiger partial charge in [-0.05, 0) is 38.6 Å². The van der Waals surface area contributed by atoms with Gasteiger partial charge >= 0.3 is 6.36 Å². The summed E-state index contributed by atoms with van der Waals surface area (Å²) in [7, 11) is 2.01. The van der Waals surface area contributed by atoms with Crippen molar-refractivity contribution >= 4 is 0 Å². The van der Waals surface area contributed by atoms with E-state index in [0.717, 1.165) is 24.9 Å². The van der Waals surface area contributed by atoms with Gasteiger partial charge in [0, 0.05) is 11.6 Å². The van der Waals surface area contributed by atoms with Crippen LogP contribution in [0, 0.1) is 0 Å². The van der Waals surface area contributed by atoms with Gasteiger partial charge in [0.1, 0.15) is 17.6 Å². The second-order valence-corrected chi connectivity index (χ2v) is 4.97. The Bertz CT molecular complexity index is 489. The number of nitrogens with zero attached hydrogens (tertiary/aromatic N) is 1. The standard InChI is InChI=1S/C13H14F3NO2/c1-17-6-2-3-10-12(17)9-5-4-8(7-11(9)18-10)19-13(14,15)16/h4-5,7,10,12H,2-3,6H2,1H3/t10-,12-/m0/s1. The van der Waals surface area contributed by atoms with E-state index in [-0.39, 0.29) is 17.9 Å². The number of fused-ring (bicyclic) bond motifs is 3. The maximum Gasteiger partial charge on any atom is 0.573 e. The van der Waals surface area contributed by atoms with Crippen LogP contribution in [-0.4, -0.2) is 31.0 Å². The lowest BCUT2D eigenvalue weighted by atomic mass is 9.95. The molecule has 0 aliphatic carbocycles. The average molecular weight is 273 g/mol. The minimum atomic E-state index is -4.67. The van der Waals surface area contributed by atoms with Crippen LogP contribution in [0.4, 0.5) is 13.2 Å². The van der Waals surface area contributed by atoms with E-state index < -0.39 is 6.36 Å². The normalized spacial score (nSPS) is 26.5. The van der Waals surface area contributed by atoms with Gasteiger partial charge < -0.3 is 9.47 Å². The Morgan fingerprint density at radius 3 is 2.89 bits per heavy atom. The molecule has 19 heavy (non-hydrogen) atoms. The minimum absolute atomic E-state index is 0.0369. The van der Waals surface area contributed by atoms with Crippen molar-refractivity contribution in [3.8, 4) is 11.5 Å². The molecular formula is C13H14F3NO2. The van der Waals surface area contributed by atoms with E-state index in [0.29, 0.717) is 5.75 Å². The Hall–Kier alpha value is -1.43. The molecule has 3 rings (SSSR count). The summed E-state index contributed by atoms with van der Waals surface area (Å²) in [6, 6.07) is 4.49. The largest absolute Gasteiger partial charge is 0.573 e. The van der Waals surface area contributed by atoms with Crippen molar-refractivity contribution in [2.45, 2.75) is 31.3 Å². The van der Waals surface area contributed by atoms with Crippen LogP contribution in [0.2, 0.25) is 0 Å². The average Bonchev–Trinajstić information content (AvgIpc) is 2.65. The molecule has 0 saturated carbocycles. The molecule has 0 bridgehead atoms. The molecular weight excluding hydrogens is 259 g/mol. The molecule has 3 nitrogen and oxygen atoms in total. The van der Waals surface area contributed by atoms with Crippen LogP contribution in [0.5, 0.6) is 11.5 Å². The Labute approximate surface area is 108 Å². The molecule has 0 radical (unpaired) electrons. The fraction of sp³-hybridized carbons (Fsp3) is 0.538. The summed E-state index contributed by atoms with van der Waals surface area (Å²) < 4.78 is 46.2. The summed E-state index contributed by atoms with van der Waals surface area (Å²) in [5, 5.41) is 0. The first-order valence-electron chi connectivity index (χ1n) is 6.20. The third kappa shape index (κ3) is 2.36. The van der Waals surface area contributed by atoms with Crippen LogP contribution in [0.1, 0.15) is 24.4 Å². The van der Waals surface area contributed by atoms with Crippen molar-refractivity contribution in [1.29, 1.82) is 0 Å². The van der Waals surface area contributed by atoms with Gasteiger partial charge in [-0.2, -0.15) is 0 Å². The number of likely N-dealkylation sites (tertiary alicyclic amines) is 1. The van der Waals surface area contributed by atoms with Crippen LogP contribution >= 0.6 is 0 Å². The van der Waals surface area contributed by atoms with E-state index >= 15 is 0 Å². The van der Waals surface area contributed by atoms with Gasteiger partial charge in [0.2, 0.25) is 0 Å². The van der Waals surface area contributed by atoms with Gasteiger partial charge in [-0.1, -0.05) is 0 Å². The number of hydrogen-bond donors (Lipinski definition) is 0. The fourth-order valence-corrected chi connectivity index (χ4v) is 2.91. The number of rotatable bonds is 1. The molecule has 1 saturated heterocycles. The molecule has 1 aromatic rings. The van der Waals surface area contributed by atoms with Crippen molar-refractivity contribution in [3.05, 3.63) is 23.8 Å². The molecule has 0 N–H and O–H groups in total. The van der Waals surface area contributed by atoms with Crippen LogP contribution in [0.3, 0.4) is 0 Å². The number of piperidine rings is 1. The highest BCUT2D eigenvalue weighted by Gasteiger charge is 2.40. The Morgan fingerprint density at radius 1 is 1.37 bits per heavy atom. The zero-order valence-corrected chi connectivity index (χ0v) is 10.4. The van der Waals surface area contributed by atoms with Gasteiger partial charge in [0.05, 0.1) is 6.04 Å². The third-order valence-electron chi connectivity index (χ3n) is 3.64. The van der Waals surface area contributed by atoms with Crippen molar-refractivity contribution in [2.24, 2.45) is 0 Å². The topological polar surface area (TPSA) is 21.7 Å². The lowest BCUT2D eigenvalue weighted by Gasteiger charge is -2.33. The van der Waals surface area contributed by atoms with Gasteiger partial charge in [-0.15, -0.1) is 13.2 Å². The number of hydrogen-bond acceptors (Lipinski definition) is 3. The number of likely N-dealkylation sites (N-methyl/N-ethyl adjacent to an activating group) is 1. The Kier molecular flexibility index (Phi) is 2.85. The van der Waals surface area contributed by atoms with Gasteiger partial charge in [0.25, 0.3) is 0 Å². The SMILES string of the molecule is CN1CCC[C@@H]2Oc3cc(OC(F)(F)F)ccc3[C@@H]21. The summed E-state index contributed by atoms with van der Waals surface area (Å²) in [5.74, 6) is 0.276. The van der Waals surface area contributed by atoms with Crippen molar-refractivity contribution in [3.63, 3.8) is 0 Å². The maximum atomic E-state index is 12.2. The van der Waals surface area contributed by atoms with Gasteiger partial charge in [-0.25, -0.2) is 0 Å². The first-order chi connectivity index (χ1) is 8.94. The summed E-state index contributed by atoms with van der Waals surface area (Å²) in [4.78, 5) is 2.18. The molecule has 104 valence electrons. The maximum absolute atomic E-state index is 12.2. The highest BCUT2D eigenvalue weighted by atomic mass is 19.4. The molecule has 1 fully saturated rings. The quantitative estimate of drug-likeness (QED) is 0.784. The molecule has 0 amide bonds. The van der Waals surface area contributed by atoms with Gasteiger partial charge in [0.15, 0.2) is 0 Å². The predicted molar refractivity (Wildman–Crippen MR) is 62.1 cm³/mol. The number of alkyl halides is 3. The van der Waals surface area contributed by atoms with E-state index in [1.807, 2.05) is 7.05 Å². The molecule has 6 heteroatoms. The van der Waals surface area contributed by atoms with Gasteiger partial charge in [-0.3, -0.25) is 4.90 Å². The summed E-state index contributed by atoms with van der Waals surface area (Å²) in [6.45, 7) is 0.977. The van der Waals surface area contributed by atoms with Crippen molar-refractivity contribution in [2.75, 3.05) is 13.6 Å². The molecule has 0 aromatic heterocycles. The molecule has 2 aliphatic heterocycles. The number of benzene rings is 1. The molecule has 2 atom stereocenters. The van der Waals surface area contributed by atoms with Crippen LogP contribution in [0.25, 0.3) is 0 Å². The summed E-state index contributed by atoms with van der Waals surface area (Å²) >= 11 is 0. The smallest absolute Gasteiger partial charge is 0.488 e. The van der Waals surface area contributed by atoms with Crippen molar-refractivity contribution < 1.29 is 22.6 Å². The Morgan fingerprint density at radius 2 is 2.16 bits per heavy atom. The zero-order valence-electron chi connectivity index (χ0n) is 10.4. The van der Waals surface area contributed by atoms with E-state index in [2.05, 4.69) is 9.64 Å². The predicted octanol–water partition coefficient (Wildman–Crippen LogP) is 3.11. The summed E-state index contributed by atoms with van der Waals surface area (Å²) in [5.41, 5.74) is 0.946.